The summed E-state index contributed by atoms with van der Waals surface area (Å²) in [5, 5.41) is 11.9. The maximum atomic E-state index is 11.9. The van der Waals surface area contributed by atoms with Crippen LogP contribution in [-0.2, 0) is 11.3 Å². The zero-order valence-electron chi connectivity index (χ0n) is 12.1. The highest BCUT2D eigenvalue weighted by Crippen LogP contribution is 2.09. The highest BCUT2D eigenvalue weighted by atomic mass is 16.2. The Bertz CT molecular complexity index is 820. The Morgan fingerprint density at radius 1 is 1.23 bits per heavy atom. The normalized spacial score (nSPS) is 11.1. The van der Waals surface area contributed by atoms with Gasteiger partial charge >= 0.3 is 0 Å². The molecule has 0 aliphatic carbocycles. The second kappa shape index (κ2) is 6.17. The molecule has 0 radical (unpaired) electrons. The standard InChI is InChI=1S/C16H15N5O/c1-12-6-8-13(9-7-12)10-17-19-16(22)11-21-15-5-3-2-4-14(15)18-20-21/h2-10H,11H2,1H3,(H,19,22)/b17-10-. The van der Waals surface area contributed by atoms with E-state index in [1.54, 1.807) is 10.9 Å². The van der Waals surface area contributed by atoms with E-state index in [4.69, 9.17) is 0 Å². The van der Waals surface area contributed by atoms with Crippen LogP contribution in [0.3, 0.4) is 0 Å². The van der Waals surface area contributed by atoms with Crippen LogP contribution in [-0.4, -0.2) is 27.1 Å². The maximum absolute atomic E-state index is 11.9. The van der Waals surface area contributed by atoms with Crippen molar-refractivity contribution in [3.8, 4) is 0 Å². The van der Waals surface area contributed by atoms with Crippen molar-refractivity contribution in [2.45, 2.75) is 13.5 Å². The molecule has 0 aliphatic heterocycles. The number of para-hydroxylation sites is 1. The molecular weight excluding hydrogens is 278 g/mol. The second-order valence-corrected chi connectivity index (χ2v) is 4.94. The number of aryl methyl sites for hydroxylation is 1. The lowest BCUT2D eigenvalue weighted by Gasteiger charge is -2.01. The first-order chi connectivity index (χ1) is 10.7. The summed E-state index contributed by atoms with van der Waals surface area (Å²) in [6.07, 6.45) is 1.61. The van der Waals surface area contributed by atoms with Gasteiger partial charge in [-0.2, -0.15) is 5.10 Å². The van der Waals surface area contributed by atoms with Crippen LogP contribution in [0.4, 0.5) is 0 Å². The molecule has 0 saturated heterocycles. The van der Waals surface area contributed by atoms with Crippen molar-refractivity contribution in [1.82, 2.24) is 20.4 Å². The van der Waals surface area contributed by atoms with Crippen LogP contribution in [0, 0.1) is 6.92 Å². The van der Waals surface area contributed by atoms with Crippen molar-refractivity contribution < 1.29 is 4.79 Å². The molecule has 1 heterocycles. The molecular formula is C16H15N5O. The number of carbonyl (C=O) groups is 1. The number of hydrazone groups is 1. The molecule has 6 heteroatoms. The molecule has 0 fully saturated rings. The van der Waals surface area contributed by atoms with Crippen LogP contribution in [0.2, 0.25) is 0 Å². The van der Waals surface area contributed by atoms with Crippen molar-refractivity contribution >= 4 is 23.2 Å². The van der Waals surface area contributed by atoms with Gasteiger partial charge in [0.15, 0.2) is 0 Å². The summed E-state index contributed by atoms with van der Waals surface area (Å²) in [4.78, 5) is 11.9. The molecule has 22 heavy (non-hydrogen) atoms. The predicted molar refractivity (Wildman–Crippen MR) is 84.4 cm³/mol. The monoisotopic (exact) mass is 293 g/mol. The number of benzene rings is 2. The van der Waals surface area contributed by atoms with E-state index in [0.29, 0.717) is 0 Å². The number of amides is 1. The summed E-state index contributed by atoms with van der Waals surface area (Å²) < 4.78 is 1.55. The lowest BCUT2D eigenvalue weighted by molar-refractivity contribution is -0.121. The van der Waals surface area contributed by atoms with Gasteiger partial charge in [0.05, 0.1) is 11.7 Å². The van der Waals surface area contributed by atoms with Gasteiger partial charge in [-0.1, -0.05) is 47.2 Å². The smallest absolute Gasteiger partial charge is 0.261 e. The number of aromatic nitrogens is 3. The molecule has 0 unspecified atom stereocenters. The molecule has 3 aromatic rings. The molecule has 0 saturated carbocycles. The van der Waals surface area contributed by atoms with E-state index in [0.717, 1.165) is 16.6 Å². The van der Waals surface area contributed by atoms with Gasteiger partial charge < -0.3 is 0 Å². The first-order valence-electron chi connectivity index (χ1n) is 6.89. The van der Waals surface area contributed by atoms with Gasteiger partial charge in [0.25, 0.3) is 5.91 Å². The summed E-state index contributed by atoms with van der Waals surface area (Å²) in [7, 11) is 0. The van der Waals surface area contributed by atoms with E-state index in [-0.39, 0.29) is 12.5 Å². The van der Waals surface area contributed by atoms with Gasteiger partial charge in [-0.3, -0.25) is 4.79 Å². The number of fused-ring (bicyclic) bond motifs is 1. The minimum Gasteiger partial charge on any atom is -0.271 e. The summed E-state index contributed by atoms with van der Waals surface area (Å²) in [6, 6.07) is 15.4. The summed E-state index contributed by atoms with van der Waals surface area (Å²) in [5.74, 6) is -0.251. The number of nitrogens with one attached hydrogen (secondary N) is 1. The fourth-order valence-corrected chi connectivity index (χ4v) is 2.04. The van der Waals surface area contributed by atoms with Crippen LogP contribution in [0.1, 0.15) is 11.1 Å². The number of hydrogen-bond donors (Lipinski definition) is 1. The number of carbonyl (C=O) groups excluding carboxylic acids is 1. The Hall–Kier alpha value is -3.02. The molecule has 0 atom stereocenters. The van der Waals surface area contributed by atoms with Crippen molar-refractivity contribution in [2.75, 3.05) is 0 Å². The van der Waals surface area contributed by atoms with E-state index in [1.807, 2.05) is 55.5 Å². The Balaban J connectivity index is 1.62. The Morgan fingerprint density at radius 2 is 2.00 bits per heavy atom. The van der Waals surface area contributed by atoms with E-state index >= 15 is 0 Å². The molecule has 1 amide bonds. The Kier molecular flexibility index (Phi) is 3.91. The molecule has 0 aliphatic rings. The van der Waals surface area contributed by atoms with Crippen LogP contribution in [0.5, 0.6) is 0 Å². The lowest BCUT2D eigenvalue weighted by Crippen LogP contribution is -2.23. The first kappa shape index (κ1) is 13.9. The van der Waals surface area contributed by atoms with E-state index in [9.17, 15) is 4.79 Å². The molecule has 1 N–H and O–H groups in total. The van der Waals surface area contributed by atoms with Crippen molar-refractivity contribution in [3.63, 3.8) is 0 Å². The highest BCUT2D eigenvalue weighted by molar-refractivity contribution is 5.83. The number of hydrogen-bond acceptors (Lipinski definition) is 4. The molecule has 3 rings (SSSR count). The van der Waals surface area contributed by atoms with Crippen LogP contribution < -0.4 is 5.43 Å². The third-order valence-electron chi connectivity index (χ3n) is 3.19. The van der Waals surface area contributed by atoms with Crippen LogP contribution in [0.25, 0.3) is 11.0 Å². The van der Waals surface area contributed by atoms with E-state index in [2.05, 4.69) is 20.8 Å². The zero-order chi connectivity index (χ0) is 15.4. The molecule has 0 bridgehead atoms. The van der Waals surface area contributed by atoms with Gasteiger partial charge in [0.2, 0.25) is 0 Å². The average Bonchev–Trinajstić information content (AvgIpc) is 2.93. The van der Waals surface area contributed by atoms with Gasteiger partial charge in [-0.25, -0.2) is 10.1 Å². The Labute approximate surface area is 127 Å². The van der Waals surface area contributed by atoms with Crippen molar-refractivity contribution in [1.29, 1.82) is 0 Å². The third-order valence-corrected chi connectivity index (χ3v) is 3.19. The molecule has 0 spiro atoms. The SMILES string of the molecule is Cc1ccc(/C=N\NC(=O)Cn2nnc3ccccc32)cc1. The average molecular weight is 293 g/mol. The van der Waals surface area contributed by atoms with Crippen molar-refractivity contribution in [2.24, 2.45) is 5.10 Å². The fraction of sp³-hybridized carbons (Fsp3) is 0.125. The maximum Gasteiger partial charge on any atom is 0.261 e. The quantitative estimate of drug-likeness (QED) is 0.590. The number of rotatable bonds is 4. The van der Waals surface area contributed by atoms with Crippen molar-refractivity contribution in [3.05, 3.63) is 59.7 Å². The predicted octanol–water partition coefficient (Wildman–Crippen LogP) is 1.89. The van der Waals surface area contributed by atoms with Gasteiger partial charge in [0, 0.05) is 0 Å². The van der Waals surface area contributed by atoms with Gasteiger partial charge in [-0.05, 0) is 24.6 Å². The van der Waals surface area contributed by atoms with Gasteiger partial charge in [-0.15, -0.1) is 5.10 Å². The minimum absolute atomic E-state index is 0.0751. The van der Waals surface area contributed by atoms with E-state index < -0.39 is 0 Å². The summed E-state index contributed by atoms with van der Waals surface area (Å²) >= 11 is 0. The fourth-order valence-electron chi connectivity index (χ4n) is 2.04. The third kappa shape index (κ3) is 3.17. The summed E-state index contributed by atoms with van der Waals surface area (Å²) in [6.45, 7) is 2.09. The lowest BCUT2D eigenvalue weighted by atomic mass is 10.2. The summed E-state index contributed by atoms with van der Waals surface area (Å²) in [5.41, 5.74) is 6.18. The zero-order valence-corrected chi connectivity index (χ0v) is 12.1. The van der Waals surface area contributed by atoms with Crippen LogP contribution >= 0.6 is 0 Å². The topological polar surface area (TPSA) is 72.2 Å². The largest absolute Gasteiger partial charge is 0.271 e. The first-order valence-corrected chi connectivity index (χ1v) is 6.89. The highest BCUT2D eigenvalue weighted by Gasteiger charge is 2.07. The molecule has 1 aromatic heterocycles. The minimum atomic E-state index is -0.251. The Morgan fingerprint density at radius 3 is 2.82 bits per heavy atom. The van der Waals surface area contributed by atoms with Crippen LogP contribution in [0.15, 0.2) is 53.6 Å². The van der Waals surface area contributed by atoms with E-state index in [1.165, 1.54) is 5.56 Å². The molecule has 2 aromatic carbocycles. The molecule has 110 valence electrons. The van der Waals surface area contributed by atoms with Gasteiger partial charge in [0.1, 0.15) is 12.1 Å². The molecule has 6 nitrogen and oxygen atoms in total. The number of nitrogens with zero attached hydrogens (tertiary/aromatic N) is 4. The second-order valence-electron chi connectivity index (χ2n) is 4.94.